The highest BCUT2D eigenvalue weighted by Gasteiger charge is 2.28. The van der Waals surface area contributed by atoms with Crippen LogP contribution in [0.15, 0.2) is 12.3 Å². The van der Waals surface area contributed by atoms with Crippen molar-refractivity contribution in [3.63, 3.8) is 0 Å². The van der Waals surface area contributed by atoms with E-state index < -0.39 is 16.6 Å². The average Bonchev–Trinajstić information content (AvgIpc) is 2.37. The SMILES string of the molecule is CC1CC(C)CC(Oc2ncc(C(=O)O)cc2[N+](=O)[O-])C1. The van der Waals surface area contributed by atoms with Crippen LogP contribution in [-0.2, 0) is 0 Å². The number of rotatable bonds is 4. The van der Waals surface area contributed by atoms with E-state index in [-0.39, 0.29) is 17.5 Å². The number of ether oxygens (including phenoxy) is 1. The van der Waals surface area contributed by atoms with E-state index in [2.05, 4.69) is 18.8 Å². The molecule has 7 nitrogen and oxygen atoms in total. The largest absolute Gasteiger partial charge is 0.478 e. The molecule has 2 rings (SSSR count). The van der Waals surface area contributed by atoms with Gasteiger partial charge in [-0.3, -0.25) is 10.1 Å². The Morgan fingerprint density at radius 2 is 2.00 bits per heavy atom. The molecule has 2 atom stereocenters. The topological polar surface area (TPSA) is 103 Å². The predicted molar refractivity (Wildman–Crippen MR) is 74.4 cm³/mol. The van der Waals surface area contributed by atoms with Gasteiger partial charge in [0.2, 0.25) is 0 Å². The van der Waals surface area contributed by atoms with Gasteiger partial charge >= 0.3 is 11.7 Å². The van der Waals surface area contributed by atoms with E-state index in [4.69, 9.17) is 9.84 Å². The summed E-state index contributed by atoms with van der Waals surface area (Å²) in [6, 6.07) is 0.986. The van der Waals surface area contributed by atoms with Crippen molar-refractivity contribution in [3.8, 4) is 5.88 Å². The van der Waals surface area contributed by atoms with Crippen LogP contribution < -0.4 is 4.74 Å². The summed E-state index contributed by atoms with van der Waals surface area (Å²) in [6.07, 6.45) is 3.73. The molecule has 1 N–H and O–H groups in total. The molecule has 1 saturated carbocycles. The lowest BCUT2D eigenvalue weighted by atomic mass is 9.82. The Labute approximate surface area is 122 Å². The van der Waals surface area contributed by atoms with Crippen LogP contribution in [-0.4, -0.2) is 27.1 Å². The molecule has 1 aromatic heterocycles. The van der Waals surface area contributed by atoms with Crippen molar-refractivity contribution in [2.24, 2.45) is 11.8 Å². The highest BCUT2D eigenvalue weighted by molar-refractivity contribution is 5.88. The Kier molecular flexibility index (Phi) is 4.40. The van der Waals surface area contributed by atoms with E-state index in [0.717, 1.165) is 31.5 Å². The third-order valence-electron chi connectivity index (χ3n) is 3.69. The number of aromatic nitrogens is 1. The second-order valence-electron chi connectivity index (χ2n) is 5.77. The molecule has 1 fully saturated rings. The third kappa shape index (κ3) is 3.68. The lowest BCUT2D eigenvalue weighted by molar-refractivity contribution is -0.386. The molecule has 1 aromatic rings. The number of hydrogen-bond donors (Lipinski definition) is 1. The molecule has 1 heterocycles. The Morgan fingerprint density at radius 3 is 2.52 bits per heavy atom. The Bertz CT molecular complexity index is 550. The van der Waals surface area contributed by atoms with Crippen LogP contribution in [0.25, 0.3) is 0 Å². The molecule has 2 unspecified atom stereocenters. The monoisotopic (exact) mass is 294 g/mol. The van der Waals surface area contributed by atoms with E-state index in [1.807, 2.05) is 0 Å². The first-order valence-corrected chi connectivity index (χ1v) is 6.91. The second kappa shape index (κ2) is 6.07. The van der Waals surface area contributed by atoms with Crippen LogP contribution >= 0.6 is 0 Å². The highest BCUT2D eigenvalue weighted by atomic mass is 16.6. The number of nitrogens with zero attached hydrogens (tertiary/aromatic N) is 2. The van der Waals surface area contributed by atoms with Gasteiger partial charge in [-0.25, -0.2) is 9.78 Å². The van der Waals surface area contributed by atoms with Crippen LogP contribution in [0.4, 0.5) is 5.69 Å². The number of carboxylic acid groups (broad SMARTS) is 1. The maximum Gasteiger partial charge on any atom is 0.337 e. The zero-order valence-electron chi connectivity index (χ0n) is 12.0. The van der Waals surface area contributed by atoms with Crippen LogP contribution in [0.3, 0.4) is 0 Å². The summed E-state index contributed by atoms with van der Waals surface area (Å²) in [5.74, 6) is -0.361. The van der Waals surface area contributed by atoms with Gasteiger partial charge in [0.1, 0.15) is 6.10 Å². The summed E-state index contributed by atoms with van der Waals surface area (Å²) >= 11 is 0. The van der Waals surface area contributed by atoms with Gasteiger partial charge in [0, 0.05) is 12.3 Å². The zero-order chi connectivity index (χ0) is 15.6. The van der Waals surface area contributed by atoms with E-state index in [1.54, 1.807) is 0 Å². The van der Waals surface area contributed by atoms with E-state index in [0.29, 0.717) is 11.8 Å². The molecule has 0 aliphatic heterocycles. The summed E-state index contributed by atoms with van der Waals surface area (Å²) in [6.45, 7) is 4.25. The minimum atomic E-state index is -1.25. The molecule has 7 heteroatoms. The number of nitro groups is 1. The van der Waals surface area contributed by atoms with Crippen molar-refractivity contribution < 1.29 is 19.6 Å². The molecule has 1 aliphatic carbocycles. The van der Waals surface area contributed by atoms with Gasteiger partial charge in [0.15, 0.2) is 0 Å². The average molecular weight is 294 g/mol. The van der Waals surface area contributed by atoms with Crippen molar-refractivity contribution in [1.29, 1.82) is 0 Å². The molecule has 0 aromatic carbocycles. The highest BCUT2D eigenvalue weighted by Crippen LogP contribution is 2.33. The minimum Gasteiger partial charge on any atom is -0.478 e. The number of carboxylic acids is 1. The first-order chi connectivity index (χ1) is 9.86. The zero-order valence-corrected chi connectivity index (χ0v) is 12.0. The fourth-order valence-corrected chi connectivity index (χ4v) is 2.91. The van der Waals surface area contributed by atoms with Crippen molar-refractivity contribution in [3.05, 3.63) is 27.9 Å². The summed E-state index contributed by atoms with van der Waals surface area (Å²) in [7, 11) is 0. The molecule has 0 amide bonds. The van der Waals surface area contributed by atoms with Crippen molar-refractivity contribution in [2.75, 3.05) is 0 Å². The quantitative estimate of drug-likeness (QED) is 0.676. The van der Waals surface area contributed by atoms with Gasteiger partial charge in [-0.05, 0) is 31.1 Å². The van der Waals surface area contributed by atoms with Gasteiger partial charge < -0.3 is 9.84 Å². The summed E-state index contributed by atoms with van der Waals surface area (Å²) in [5.41, 5.74) is -0.625. The van der Waals surface area contributed by atoms with Gasteiger partial charge in [0.25, 0.3) is 5.88 Å². The Balaban J connectivity index is 2.23. The molecule has 1 aliphatic rings. The third-order valence-corrected chi connectivity index (χ3v) is 3.69. The molecule has 0 saturated heterocycles. The number of pyridine rings is 1. The lowest BCUT2D eigenvalue weighted by Gasteiger charge is -2.31. The normalized spacial score (nSPS) is 25.3. The number of carbonyl (C=O) groups is 1. The summed E-state index contributed by atoms with van der Waals surface area (Å²) in [4.78, 5) is 25.1. The van der Waals surface area contributed by atoms with E-state index in [9.17, 15) is 14.9 Å². The smallest absolute Gasteiger partial charge is 0.337 e. The molecule has 114 valence electrons. The molecule has 21 heavy (non-hydrogen) atoms. The van der Waals surface area contributed by atoms with Crippen molar-refractivity contribution in [1.82, 2.24) is 4.98 Å². The molecule has 0 radical (unpaired) electrons. The van der Waals surface area contributed by atoms with Crippen LogP contribution in [0.1, 0.15) is 43.5 Å². The first kappa shape index (κ1) is 15.2. The number of aromatic carboxylic acids is 1. The maximum absolute atomic E-state index is 11.1. The summed E-state index contributed by atoms with van der Waals surface area (Å²) < 4.78 is 5.68. The molecule has 0 spiro atoms. The van der Waals surface area contributed by atoms with E-state index >= 15 is 0 Å². The molecular formula is C14H18N2O5. The summed E-state index contributed by atoms with van der Waals surface area (Å²) in [5, 5.41) is 19.9. The van der Waals surface area contributed by atoms with Gasteiger partial charge in [-0.2, -0.15) is 0 Å². The second-order valence-corrected chi connectivity index (χ2v) is 5.77. The van der Waals surface area contributed by atoms with Gasteiger partial charge in [-0.1, -0.05) is 13.8 Å². The van der Waals surface area contributed by atoms with Crippen LogP contribution in [0, 0.1) is 22.0 Å². The fraction of sp³-hybridized carbons (Fsp3) is 0.571. The molecule has 0 bridgehead atoms. The van der Waals surface area contributed by atoms with Crippen molar-refractivity contribution >= 4 is 11.7 Å². The minimum absolute atomic E-state index is 0.101. The van der Waals surface area contributed by atoms with Crippen LogP contribution in [0.2, 0.25) is 0 Å². The standard InChI is InChI=1S/C14H18N2O5/c1-8-3-9(2)5-11(4-8)21-13-12(16(19)20)6-10(7-15-13)14(17)18/h6-9,11H,3-5H2,1-2H3,(H,17,18). The maximum atomic E-state index is 11.1. The van der Waals surface area contributed by atoms with Crippen LogP contribution in [0.5, 0.6) is 5.88 Å². The molecular weight excluding hydrogens is 276 g/mol. The fourth-order valence-electron chi connectivity index (χ4n) is 2.91. The Morgan fingerprint density at radius 1 is 1.38 bits per heavy atom. The Hall–Kier alpha value is -2.18. The predicted octanol–water partition coefficient (Wildman–Crippen LogP) is 2.89. The first-order valence-electron chi connectivity index (χ1n) is 6.91. The van der Waals surface area contributed by atoms with Gasteiger partial charge in [0.05, 0.1) is 10.5 Å². The van der Waals surface area contributed by atoms with Gasteiger partial charge in [-0.15, -0.1) is 0 Å². The van der Waals surface area contributed by atoms with E-state index in [1.165, 1.54) is 0 Å². The van der Waals surface area contributed by atoms with Crippen molar-refractivity contribution in [2.45, 2.75) is 39.2 Å². The number of hydrogen-bond acceptors (Lipinski definition) is 5. The lowest BCUT2D eigenvalue weighted by Crippen LogP contribution is -2.29.